The normalized spacial score (nSPS) is 17.7. The molecule has 7 heteroatoms. The fourth-order valence-corrected chi connectivity index (χ4v) is 1.88. The zero-order chi connectivity index (χ0) is 9.12. The number of hydrogen-bond acceptors (Lipinski definition) is 5. The fraction of sp³-hybridized carbons (Fsp3) is 1.00. The first kappa shape index (κ1) is 11.1. The predicted molar refractivity (Wildman–Crippen MR) is 41.3 cm³/mol. The lowest BCUT2D eigenvalue weighted by atomic mass is 11.7. The Kier molecular flexibility index (Phi) is 3.70. The largest absolute Gasteiger partial charge is 0.330 e. The van der Waals surface area contributed by atoms with E-state index in [-0.39, 0.29) is 0 Å². The van der Waals surface area contributed by atoms with Gasteiger partial charge in [-0.3, -0.25) is 8.75 Å². The van der Waals surface area contributed by atoms with E-state index in [1.165, 1.54) is 13.8 Å². The average molecular weight is 202 g/mol. The summed E-state index contributed by atoms with van der Waals surface area (Å²) in [7, 11) is -5.15. The highest BCUT2D eigenvalue weighted by Gasteiger charge is 2.16. The van der Waals surface area contributed by atoms with Crippen LogP contribution in [0.2, 0.25) is 0 Å². The summed E-state index contributed by atoms with van der Waals surface area (Å²) in [5.74, 6) is 0. The van der Waals surface area contributed by atoms with Crippen LogP contribution in [0.5, 0.6) is 0 Å². The second-order valence-corrected chi connectivity index (χ2v) is 6.44. The van der Waals surface area contributed by atoms with Crippen LogP contribution >= 0.6 is 7.37 Å². The van der Waals surface area contributed by atoms with Gasteiger partial charge in [-0.05, 0) is 0 Å². The summed E-state index contributed by atoms with van der Waals surface area (Å²) in [6.45, 7) is 1.30. The molecule has 0 spiro atoms. The van der Waals surface area contributed by atoms with Crippen LogP contribution in [0.25, 0.3) is 0 Å². The van der Waals surface area contributed by atoms with Crippen molar-refractivity contribution in [3.8, 4) is 0 Å². The van der Waals surface area contributed by atoms with Crippen molar-refractivity contribution in [3.63, 3.8) is 0 Å². The molecule has 11 heavy (non-hydrogen) atoms. The molecule has 0 fully saturated rings. The predicted octanol–water partition coefficient (Wildman–Crippen LogP) is 0.474. The zero-order valence-corrected chi connectivity index (χ0v) is 8.31. The van der Waals surface area contributed by atoms with Gasteiger partial charge in [0.15, 0.2) is 0 Å². The summed E-state index contributed by atoms with van der Waals surface area (Å²) in [4.78, 5) is 0. The third-order valence-corrected chi connectivity index (χ3v) is 2.98. The third-order valence-electron chi connectivity index (χ3n) is 0.887. The molecular weight excluding hydrogens is 191 g/mol. The summed E-state index contributed by atoms with van der Waals surface area (Å²) in [5.41, 5.74) is 0. The van der Waals surface area contributed by atoms with E-state index in [1.807, 2.05) is 0 Å². The van der Waals surface area contributed by atoms with Crippen LogP contribution in [0.3, 0.4) is 0 Å². The molecule has 0 aliphatic heterocycles. The second-order valence-electron chi connectivity index (χ2n) is 2.15. The van der Waals surface area contributed by atoms with Gasteiger partial charge in [0.1, 0.15) is 6.35 Å². The Bertz CT molecular complexity index is 256. The lowest BCUT2D eigenvalue weighted by molar-refractivity contribution is 0.329. The van der Waals surface area contributed by atoms with Gasteiger partial charge in [0, 0.05) is 13.8 Å². The van der Waals surface area contributed by atoms with Crippen molar-refractivity contribution in [2.24, 2.45) is 0 Å². The lowest BCUT2D eigenvalue weighted by Gasteiger charge is -2.08. The van der Waals surface area contributed by atoms with E-state index in [4.69, 9.17) is 0 Å². The highest BCUT2D eigenvalue weighted by atomic mass is 32.2. The van der Waals surface area contributed by atoms with Crippen LogP contribution in [0.1, 0.15) is 0 Å². The van der Waals surface area contributed by atoms with E-state index < -0.39 is 23.8 Å². The van der Waals surface area contributed by atoms with Crippen molar-refractivity contribution >= 4 is 17.5 Å². The molecule has 5 nitrogen and oxygen atoms in total. The van der Waals surface area contributed by atoms with Crippen LogP contribution in [-0.4, -0.2) is 34.8 Å². The number of rotatable bonds is 4. The maximum Gasteiger partial charge on any atom is 0.264 e. The van der Waals surface area contributed by atoms with Gasteiger partial charge in [-0.15, -0.1) is 0 Å². The third kappa shape index (κ3) is 6.50. The zero-order valence-electron chi connectivity index (χ0n) is 6.60. The minimum Gasteiger partial charge on any atom is -0.330 e. The highest BCUT2D eigenvalue weighted by molar-refractivity contribution is 7.86. The van der Waals surface area contributed by atoms with Crippen LogP contribution in [0.15, 0.2) is 0 Å². The molecule has 0 N–H and O–H groups in total. The van der Waals surface area contributed by atoms with Crippen molar-refractivity contribution in [1.29, 1.82) is 0 Å². The molecule has 68 valence electrons. The minimum absolute atomic E-state index is 0.400. The highest BCUT2D eigenvalue weighted by Crippen LogP contribution is 2.41. The van der Waals surface area contributed by atoms with E-state index in [9.17, 15) is 13.0 Å². The number of hydrogen-bond donors (Lipinski definition) is 0. The van der Waals surface area contributed by atoms with Gasteiger partial charge >= 0.3 is 0 Å². The second kappa shape index (κ2) is 3.67. The van der Waals surface area contributed by atoms with Crippen molar-refractivity contribution in [2.45, 2.75) is 0 Å². The maximum atomic E-state index is 11.0. The molecule has 0 aliphatic carbocycles. The maximum absolute atomic E-state index is 11.0. The van der Waals surface area contributed by atoms with Crippen LogP contribution < -0.4 is 0 Å². The molecule has 0 bridgehead atoms. The first-order valence-corrected chi connectivity index (χ1v) is 6.81. The van der Waals surface area contributed by atoms with E-state index in [1.54, 1.807) is 0 Å². The standard InChI is InChI=1S/C4H11O5PS/c1-8-10(2,5)4-9-11(3,6)7/h4H2,1-3H3. The molecule has 0 rings (SSSR count). The van der Waals surface area contributed by atoms with Gasteiger partial charge in [-0.1, -0.05) is 0 Å². The summed E-state index contributed by atoms with van der Waals surface area (Å²) in [6.07, 6.45) is 0.491. The Morgan fingerprint density at radius 3 is 2.18 bits per heavy atom. The fourth-order valence-electron chi connectivity index (χ4n) is 0.244. The topological polar surface area (TPSA) is 69.7 Å². The monoisotopic (exact) mass is 202 g/mol. The summed E-state index contributed by atoms with van der Waals surface area (Å²) < 4.78 is 40.6. The molecule has 1 unspecified atom stereocenters. The molecule has 0 aromatic rings. The molecule has 0 aromatic carbocycles. The van der Waals surface area contributed by atoms with Crippen LogP contribution in [0, 0.1) is 0 Å². The molecule has 0 saturated carbocycles. The van der Waals surface area contributed by atoms with E-state index in [2.05, 4.69) is 8.71 Å². The summed E-state index contributed by atoms with van der Waals surface area (Å²) in [6, 6.07) is 0. The van der Waals surface area contributed by atoms with E-state index >= 15 is 0 Å². The van der Waals surface area contributed by atoms with Crippen molar-refractivity contribution in [2.75, 3.05) is 26.4 Å². The molecule has 0 aliphatic rings. The van der Waals surface area contributed by atoms with Crippen LogP contribution in [-0.2, 0) is 23.4 Å². The quantitative estimate of drug-likeness (QED) is 0.489. The molecule has 0 radical (unpaired) electrons. The molecule has 1 atom stereocenters. The van der Waals surface area contributed by atoms with Gasteiger partial charge in [-0.2, -0.15) is 8.42 Å². The smallest absolute Gasteiger partial charge is 0.264 e. The molecule has 0 saturated heterocycles. The Morgan fingerprint density at radius 2 is 1.91 bits per heavy atom. The first-order chi connectivity index (χ1) is 4.77. The summed E-state index contributed by atoms with van der Waals surface area (Å²) >= 11 is 0. The van der Waals surface area contributed by atoms with Crippen molar-refractivity contribution in [3.05, 3.63) is 0 Å². The summed E-state index contributed by atoms with van der Waals surface area (Å²) in [5, 5.41) is 0. The van der Waals surface area contributed by atoms with Crippen molar-refractivity contribution in [1.82, 2.24) is 0 Å². The minimum atomic E-state index is -3.52. The lowest BCUT2D eigenvalue weighted by Crippen LogP contribution is -2.04. The SMILES string of the molecule is COP(C)(=O)COS(C)(=O)=O. The van der Waals surface area contributed by atoms with E-state index in [0.29, 0.717) is 0 Å². The van der Waals surface area contributed by atoms with Gasteiger partial charge in [-0.25, -0.2) is 0 Å². The van der Waals surface area contributed by atoms with Gasteiger partial charge in [0.25, 0.3) is 10.1 Å². The Labute approximate surface area is 66.3 Å². The Morgan fingerprint density at radius 1 is 1.45 bits per heavy atom. The van der Waals surface area contributed by atoms with Gasteiger partial charge < -0.3 is 4.52 Å². The van der Waals surface area contributed by atoms with Gasteiger partial charge in [0.05, 0.1) is 6.26 Å². The van der Waals surface area contributed by atoms with Gasteiger partial charge in [0.2, 0.25) is 7.37 Å². The molecular formula is C4H11O5PS. The Balaban J connectivity index is 4.01. The van der Waals surface area contributed by atoms with E-state index in [0.717, 1.165) is 6.26 Å². The Hall–Kier alpha value is 0.100. The molecule has 0 aromatic heterocycles. The first-order valence-electron chi connectivity index (χ1n) is 2.73. The molecule has 0 amide bonds. The van der Waals surface area contributed by atoms with Crippen LogP contribution in [0.4, 0.5) is 0 Å². The average Bonchev–Trinajstić information content (AvgIpc) is 1.83. The molecule has 0 heterocycles. The van der Waals surface area contributed by atoms with Crippen molar-refractivity contribution < 1.29 is 21.7 Å².